The lowest BCUT2D eigenvalue weighted by Crippen LogP contribution is -2.37. The molecule has 1 aromatic carbocycles. The van der Waals surface area contributed by atoms with E-state index in [-0.39, 0.29) is 22.3 Å². The minimum absolute atomic E-state index is 0.0260. The Hall–Kier alpha value is -2.17. The minimum Gasteiger partial charge on any atom is -0.495 e. The molecule has 0 saturated heterocycles. The van der Waals surface area contributed by atoms with Crippen LogP contribution in [0.2, 0.25) is 0 Å². The van der Waals surface area contributed by atoms with Crippen molar-refractivity contribution in [2.24, 2.45) is 5.92 Å². The predicted octanol–water partition coefficient (Wildman–Crippen LogP) is 0.949. The van der Waals surface area contributed by atoms with E-state index in [4.69, 9.17) is 14.3 Å². The molecule has 0 unspecified atom stereocenters. The number of carbonyl (C=O) groups excluding carboxylic acids is 2. The molecule has 1 amide bonds. The number of carbonyl (C=O) groups is 2. The number of hydrogen-bond donors (Lipinski definition) is 1. The Morgan fingerprint density at radius 1 is 1.30 bits per heavy atom. The summed E-state index contributed by atoms with van der Waals surface area (Å²) in [5.74, 6) is -0.685. The monoisotopic (exact) mass is 400 g/mol. The predicted molar refractivity (Wildman–Crippen MR) is 95.6 cm³/mol. The van der Waals surface area contributed by atoms with Gasteiger partial charge in [-0.2, -0.15) is 0 Å². The number of hydroxylamine groups is 1. The van der Waals surface area contributed by atoms with E-state index in [9.17, 15) is 18.0 Å². The second kappa shape index (κ2) is 8.68. The molecule has 10 heteroatoms. The van der Waals surface area contributed by atoms with Crippen LogP contribution in [0.1, 0.15) is 30.1 Å². The van der Waals surface area contributed by atoms with Gasteiger partial charge in [0.25, 0.3) is 15.9 Å². The van der Waals surface area contributed by atoms with Crippen molar-refractivity contribution >= 4 is 21.9 Å². The molecule has 1 saturated carbocycles. The maximum Gasteiger partial charge on any atom is 0.338 e. The zero-order chi connectivity index (χ0) is 20.2. The van der Waals surface area contributed by atoms with Gasteiger partial charge in [-0.15, -0.1) is 0 Å². The lowest BCUT2D eigenvalue weighted by atomic mass is 10.2. The van der Waals surface area contributed by atoms with E-state index in [0.29, 0.717) is 10.4 Å². The van der Waals surface area contributed by atoms with Gasteiger partial charge < -0.3 is 14.8 Å². The third kappa shape index (κ3) is 5.18. The third-order valence-corrected chi connectivity index (χ3v) is 6.03. The molecule has 1 N–H and O–H groups in total. The highest BCUT2D eigenvalue weighted by Crippen LogP contribution is 2.32. The summed E-state index contributed by atoms with van der Waals surface area (Å²) in [6.07, 6.45) is 2.17. The Labute approximate surface area is 158 Å². The van der Waals surface area contributed by atoms with Crippen LogP contribution in [0, 0.1) is 5.92 Å². The SMILES string of the molecule is COc1ccc(C(=O)OCC(=O)N[C@@H](C)C2CC2)cc1S(=O)(=O)N(C)OC. The number of nitrogens with one attached hydrogen (secondary N) is 1. The summed E-state index contributed by atoms with van der Waals surface area (Å²) in [6, 6.07) is 3.86. The standard InChI is InChI=1S/C17H24N2O7S/c1-11(12-5-6-12)18-16(20)10-26-17(21)13-7-8-14(24-3)15(9-13)27(22,23)19(2)25-4/h7-9,11-12H,5-6,10H2,1-4H3,(H,18,20)/t11-/m0/s1. The van der Waals surface area contributed by atoms with E-state index < -0.39 is 28.5 Å². The van der Waals surface area contributed by atoms with Gasteiger partial charge in [0, 0.05) is 13.1 Å². The Balaban J connectivity index is 2.10. The highest BCUT2D eigenvalue weighted by atomic mass is 32.2. The quantitative estimate of drug-likeness (QED) is 0.485. The van der Waals surface area contributed by atoms with Gasteiger partial charge in [-0.1, -0.05) is 4.47 Å². The fourth-order valence-corrected chi connectivity index (χ4v) is 3.62. The molecule has 0 heterocycles. The van der Waals surface area contributed by atoms with E-state index in [2.05, 4.69) is 5.32 Å². The van der Waals surface area contributed by atoms with Crippen LogP contribution in [0.25, 0.3) is 0 Å². The normalized spacial score (nSPS) is 15.3. The van der Waals surface area contributed by atoms with Crippen molar-refractivity contribution in [3.8, 4) is 5.75 Å². The van der Waals surface area contributed by atoms with Crippen LogP contribution in [0.5, 0.6) is 5.75 Å². The lowest BCUT2D eigenvalue weighted by molar-refractivity contribution is -0.124. The maximum atomic E-state index is 12.5. The Morgan fingerprint density at radius 2 is 1.96 bits per heavy atom. The fourth-order valence-electron chi connectivity index (χ4n) is 2.47. The number of nitrogens with zero attached hydrogens (tertiary/aromatic N) is 1. The molecule has 0 bridgehead atoms. The van der Waals surface area contributed by atoms with Gasteiger partial charge in [0.05, 0.1) is 19.8 Å². The summed E-state index contributed by atoms with van der Waals surface area (Å²) in [6.45, 7) is 1.46. The zero-order valence-corrected chi connectivity index (χ0v) is 16.5. The van der Waals surface area contributed by atoms with Crippen LogP contribution in [0.3, 0.4) is 0 Å². The number of esters is 1. The van der Waals surface area contributed by atoms with Crippen molar-refractivity contribution in [1.82, 2.24) is 9.79 Å². The molecule has 0 aromatic heterocycles. The van der Waals surface area contributed by atoms with Crippen LogP contribution in [0.15, 0.2) is 23.1 Å². The summed E-state index contributed by atoms with van der Waals surface area (Å²) >= 11 is 0. The topological polar surface area (TPSA) is 111 Å². The molecule has 27 heavy (non-hydrogen) atoms. The molecule has 0 radical (unpaired) electrons. The molecule has 1 aliphatic rings. The zero-order valence-electron chi connectivity index (χ0n) is 15.7. The smallest absolute Gasteiger partial charge is 0.338 e. The first-order valence-electron chi connectivity index (χ1n) is 8.38. The van der Waals surface area contributed by atoms with Gasteiger partial charge >= 0.3 is 5.97 Å². The summed E-state index contributed by atoms with van der Waals surface area (Å²) in [7, 11) is -0.317. The average molecular weight is 400 g/mol. The Morgan fingerprint density at radius 3 is 2.52 bits per heavy atom. The van der Waals surface area contributed by atoms with Crippen molar-refractivity contribution in [1.29, 1.82) is 0 Å². The molecule has 0 aliphatic heterocycles. The van der Waals surface area contributed by atoms with Crippen molar-refractivity contribution in [3.63, 3.8) is 0 Å². The average Bonchev–Trinajstić information content (AvgIpc) is 3.50. The van der Waals surface area contributed by atoms with Crippen molar-refractivity contribution < 1.29 is 32.3 Å². The van der Waals surface area contributed by atoms with Gasteiger partial charge in [-0.25, -0.2) is 13.2 Å². The van der Waals surface area contributed by atoms with Crippen LogP contribution in [-0.4, -0.2) is 58.7 Å². The van der Waals surface area contributed by atoms with Crippen LogP contribution >= 0.6 is 0 Å². The third-order valence-electron chi connectivity index (χ3n) is 4.32. The number of hydrogen-bond acceptors (Lipinski definition) is 7. The molecular weight excluding hydrogens is 376 g/mol. The molecule has 2 rings (SSSR count). The van der Waals surface area contributed by atoms with Gasteiger partial charge in [-0.05, 0) is 43.9 Å². The number of methoxy groups -OCH3 is 1. The maximum absolute atomic E-state index is 12.5. The van der Waals surface area contributed by atoms with Gasteiger partial charge in [0.1, 0.15) is 10.6 Å². The number of rotatable bonds is 9. The van der Waals surface area contributed by atoms with Crippen molar-refractivity contribution in [2.45, 2.75) is 30.7 Å². The Bertz CT molecular complexity index is 805. The molecule has 9 nitrogen and oxygen atoms in total. The first kappa shape index (κ1) is 21.1. The first-order valence-corrected chi connectivity index (χ1v) is 9.82. The van der Waals surface area contributed by atoms with E-state index in [1.807, 2.05) is 6.92 Å². The highest BCUT2D eigenvalue weighted by molar-refractivity contribution is 7.89. The molecule has 1 atom stereocenters. The molecule has 0 spiro atoms. The summed E-state index contributed by atoms with van der Waals surface area (Å²) in [5, 5.41) is 2.77. The second-order valence-corrected chi connectivity index (χ2v) is 8.14. The van der Waals surface area contributed by atoms with Crippen LogP contribution in [-0.2, 0) is 24.4 Å². The summed E-state index contributed by atoms with van der Waals surface area (Å²) < 4.78 is 35.6. The fraction of sp³-hybridized carbons (Fsp3) is 0.529. The first-order chi connectivity index (χ1) is 12.7. The van der Waals surface area contributed by atoms with E-state index in [0.717, 1.165) is 18.9 Å². The van der Waals surface area contributed by atoms with Gasteiger partial charge in [0.15, 0.2) is 6.61 Å². The highest BCUT2D eigenvalue weighted by Gasteiger charge is 2.29. The number of benzene rings is 1. The van der Waals surface area contributed by atoms with Gasteiger partial charge in [-0.3, -0.25) is 9.63 Å². The molecule has 1 fully saturated rings. The van der Waals surface area contributed by atoms with E-state index >= 15 is 0 Å². The number of amides is 1. The van der Waals surface area contributed by atoms with Crippen LogP contribution in [0.4, 0.5) is 0 Å². The Kier molecular flexibility index (Phi) is 6.79. The largest absolute Gasteiger partial charge is 0.495 e. The molecule has 1 aromatic rings. The molecular formula is C17H24N2O7S. The lowest BCUT2D eigenvalue weighted by Gasteiger charge is -2.17. The summed E-state index contributed by atoms with van der Waals surface area (Å²) in [4.78, 5) is 28.5. The molecule has 1 aliphatic carbocycles. The second-order valence-electron chi connectivity index (χ2n) is 6.23. The minimum atomic E-state index is -4.04. The van der Waals surface area contributed by atoms with Gasteiger partial charge in [0.2, 0.25) is 0 Å². The summed E-state index contributed by atoms with van der Waals surface area (Å²) in [5.41, 5.74) is -0.0260. The van der Waals surface area contributed by atoms with Crippen LogP contribution < -0.4 is 10.1 Å². The van der Waals surface area contributed by atoms with E-state index in [1.54, 1.807) is 0 Å². The van der Waals surface area contributed by atoms with Crippen molar-refractivity contribution in [2.75, 3.05) is 27.9 Å². The number of ether oxygens (including phenoxy) is 2. The van der Waals surface area contributed by atoms with Crippen molar-refractivity contribution in [3.05, 3.63) is 23.8 Å². The number of sulfonamides is 1. The van der Waals surface area contributed by atoms with E-state index in [1.165, 1.54) is 33.4 Å². The molecule has 150 valence electrons.